The zero-order chi connectivity index (χ0) is 23.4. The lowest BCUT2D eigenvalue weighted by molar-refractivity contribution is -0.124. The van der Waals surface area contributed by atoms with Crippen LogP contribution >= 0.6 is 0 Å². The molecule has 0 aliphatic rings. The SMILES string of the molecule is Cc1c(-c2ccccc2)oc2c(C(=O)OCC(=O)N[C@@H](C)c3ccccc3)cccc2c1=O. The van der Waals surface area contributed by atoms with Crippen LogP contribution in [0.25, 0.3) is 22.3 Å². The maximum absolute atomic E-state index is 12.9. The van der Waals surface area contributed by atoms with Crippen molar-refractivity contribution in [3.63, 3.8) is 0 Å². The van der Waals surface area contributed by atoms with Gasteiger partial charge in [-0.2, -0.15) is 0 Å². The minimum absolute atomic E-state index is 0.0886. The fourth-order valence-corrected chi connectivity index (χ4v) is 3.65. The van der Waals surface area contributed by atoms with Crippen molar-refractivity contribution in [1.29, 1.82) is 0 Å². The Morgan fingerprint density at radius 2 is 1.61 bits per heavy atom. The standard InChI is InChI=1S/C27H23NO5/c1-17-24(30)21-14-9-15-22(26(21)33-25(17)20-12-7-4-8-13-20)27(31)32-16-23(29)28-18(2)19-10-5-3-6-11-19/h3-15,18H,16H2,1-2H3,(H,28,29)/t18-/m0/s1. The van der Waals surface area contributed by atoms with Gasteiger partial charge in [-0.25, -0.2) is 4.79 Å². The van der Waals surface area contributed by atoms with Gasteiger partial charge in [0.05, 0.1) is 11.4 Å². The molecule has 1 aromatic heterocycles. The van der Waals surface area contributed by atoms with E-state index in [-0.39, 0.29) is 28.0 Å². The van der Waals surface area contributed by atoms with Crippen molar-refractivity contribution < 1.29 is 18.7 Å². The van der Waals surface area contributed by atoms with Gasteiger partial charge in [0, 0.05) is 11.1 Å². The van der Waals surface area contributed by atoms with Crippen molar-refractivity contribution in [3.8, 4) is 11.3 Å². The highest BCUT2D eigenvalue weighted by Crippen LogP contribution is 2.27. The third kappa shape index (κ3) is 4.70. The van der Waals surface area contributed by atoms with Gasteiger partial charge in [0.25, 0.3) is 5.91 Å². The van der Waals surface area contributed by atoms with Crippen LogP contribution in [0.3, 0.4) is 0 Å². The van der Waals surface area contributed by atoms with E-state index in [2.05, 4.69) is 5.32 Å². The van der Waals surface area contributed by atoms with Crippen LogP contribution in [-0.4, -0.2) is 18.5 Å². The zero-order valence-corrected chi connectivity index (χ0v) is 18.3. The summed E-state index contributed by atoms with van der Waals surface area (Å²) in [6.45, 7) is 3.09. The number of fused-ring (bicyclic) bond motifs is 1. The molecule has 1 amide bonds. The lowest BCUT2D eigenvalue weighted by atomic mass is 10.0. The summed E-state index contributed by atoms with van der Waals surface area (Å²) < 4.78 is 11.3. The molecule has 0 saturated carbocycles. The molecule has 0 saturated heterocycles. The molecule has 1 atom stereocenters. The third-order valence-electron chi connectivity index (χ3n) is 5.41. The van der Waals surface area contributed by atoms with Crippen LogP contribution in [0, 0.1) is 6.92 Å². The first-order valence-electron chi connectivity index (χ1n) is 10.6. The Kier molecular flexibility index (Phi) is 6.36. The van der Waals surface area contributed by atoms with Gasteiger partial charge in [0.2, 0.25) is 0 Å². The Hall–Kier alpha value is -4.19. The molecular weight excluding hydrogens is 418 g/mol. The molecular formula is C27H23NO5. The molecule has 166 valence electrons. The normalized spacial score (nSPS) is 11.7. The summed E-state index contributed by atoms with van der Waals surface area (Å²) in [6.07, 6.45) is 0. The number of amides is 1. The molecule has 0 fully saturated rings. The van der Waals surface area contributed by atoms with E-state index in [1.54, 1.807) is 19.1 Å². The predicted molar refractivity (Wildman–Crippen MR) is 126 cm³/mol. The maximum atomic E-state index is 12.9. The number of nitrogens with one attached hydrogen (secondary N) is 1. The predicted octanol–water partition coefficient (Wildman–Crippen LogP) is 4.80. The van der Waals surface area contributed by atoms with Crippen molar-refractivity contribution >= 4 is 22.8 Å². The van der Waals surface area contributed by atoms with Crippen LogP contribution in [0.4, 0.5) is 0 Å². The van der Waals surface area contributed by atoms with E-state index in [1.807, 2.05) is 67.6 Å². The van der Waals surface area contributed by atoms with E-state index >= 15 is 0 Å². The number of para-hydroxylation sites is 1. The van der Waals surface area contributed by atoms with E-state index in [0.29, 0.717) is 11.3 Å². The second kappa shape index (κ2) is 9.53. The summed E-state index contributed by atoms with van der Waals surface area (Å²) in [7, 11) is 0. The van der Waals surface area contributed by atoms with E-state index in [9.17, 15) is 14.4 Å². The lowest BCUT2D eigenvalue weighted by Gasteiger charge is -2.14. The topological polar surface area (TPSA) is 85.6 Å². The quantitative estimate of drug-likeness (QED) is 0.434. The fraction of sp³-hybridized carbons (Fsp3) is 0.148. The second-order valence-electron chi connectivity index (χ2n) is 7.71. The first kappa shape index (κ1) is 22.0. The molecule has 0 spiro atoms. The fourth-order valence-electron chi connectivity index (χ4n) is 3.65. The number of carbonyl (C=O) groups excluding carboxylic acids is 2. The molecule has 0 radical (unpaired) electrons. The molecule has 33 heavy (non-hydrogen) atoms. The third-order valence-corrected chi connectivity index (χ3v) is 5.41. The van der Waals surface area contributed by atoms with Gasteiger partial charge in [0.1, 0.15) is 11.3 Å². The van der Waals surface area contributed by atoms with Crippen molar-refractivity contribution in [2.24, 2.45) is 0 Å². The summed E-state index contributed by atoms with van der Waals surface area (Å²) in [5.41, 5.74) is 2.12. The Morgan fingerprint density at radius 1 is 0.939 bits per heavy atom. The smallest absolute Gasteiger partial charge is 0.342 e. The second-order valence-corrected chi connectivity index (χ2v) is 7.71. The Balaban J connectivity index is 1.56. The van der Waals surface area contributed by atoms with Gasteiger partial charge < -0.3 is 14.5 Å². The van der Waals surface area contributed by atoms with Gasteiger partial charge in [0.15, 0.2) is 17.6 Å². The summed E-state index contributed by atoms with van der Waals surface area (Å²) in [4.78, 5) is 38.0. The highest BCUT2D eigenvalue weighted by Gasteiger charge is 2.20. The number of carbonyl (C=O) groups is 2. The van der Waals surface area contributed by atoms with Gasteiger partial charge in [-0.05, 0) is 31.5 Å². The van der Waals surface area contributed by atoms with Crippen molar-refractivity contribution in [3.05, 3.63) is 106 Å². The molecule has 4 rings (SSSR count). The first-order valence-corrected chi connectivity index (χ1v) is 10.6. The van der Waals surface area contributed by atoms with Crippen molar-refractivity contribution in [2.45, 2.75) is 19.9 Å². The summed E-state index contributed by atoms with van der Waals surface area (Å²) in [5, 5.41) is 3.08. The Labute approximate surface area is 190 Å². The molecule has 0 aliphatic heterocycles. The van der Waals surface area contributed by atoms with E-state index in [0.717, 1.165) is 11.1 Å². The molecule has 1 N–H and O–H groups in total. The van der Waals surface area contributed by atoms with E-state index in [4.69, 9.17) is 9.15 Å². The molecule has 6 heteroatoms. The molecule has 0 bridgehead atoms. The van der Waals surface area contributed by atoms with Crippen molar-refractivity contribution in [1.82, 2.24) is 5.32 Å². The highest BCUT2D eigenvalue weighted by molar-refractivity contribution is 6.02. The van der Waals surface area contributed by atoms with Crippen LogP contribution in [0.1, 0.15) is 34.5 Å². The van der Waals surface area contributed by atoms with E-state index < -0.39 is 18.5 Å². The number of benzene rings is 3. The zero-order valence-electron chi connectivity index (χ0n) is 18.3. The minimum Gasteiger partial charge on any atom is -0.455 e. The average Bonchev–Trinajstić information content (AvgIpc) is 2.85. The molecule has 4 aromatic rings. The first-order chi connectivity index (χ1) is 16.0. The monoisotopic (exact) mass is 441 g/mol. The van der Waals surface area contributed by atoms with Crippen molar-refractivity contribution in [2.75, 3.05) is 6.61 Å². The maximum Gasteiger partial charge on any atom is 0.342 e. The molecule has 1 heterocycles. The summed E-state index contributed by atoms with van der Waals surface area (Å²) in [5.74, 6) is -0.779. The average molecular weight is 441 g/mol. The Morgan fingerprint density at radius 3 is 2.30 bits per heavy atom. The number of hydrogen-bond acceptors (Lipinski definition) is 5. The number of ether oxygens (including phenoxy) is 1. The summed E-state index contributed by atoms with van der Waals surface area (Å²) >= 11 is 0. The lowest BCUT2D eigenvalue weighted by Crippen LogP contribution is -2.31. The van der Waals surface area contributed by atoms with E-state index in [1.165, 1.54) is 6.07 Å². The Bertz CT molecular complexity index is 1360. The number of rotatable bonds is 6. The molecule has 3 aromatic carbocycles. The van der Waals surface area contributed by atoms with Gasteiger partial charge in [-0.3, -0.25) is 9.59 Å². The number of esters is 1. The van der Waals surface area contributed by atoms with Crippen LogP contribution < -0.4 is 10.7 Å². The summed E-state index contributed by atoms with van der Waals surface area (Å²) in [6, 6.07) is 23.2. The van der Waals surface area contributed by atoms with Crippen LogP contribution in [0.2, 0.25) is 0 Å². The van der Waals surface area contributed by atoms with Gasteiger partial charge >= 0.3 is 5.97 Å². The van der Waals surface area contributed by atoms with Gasteiger partial charge in [-0.1, -0.05) is 66.7 Å². The molecule has 0 unspecified atom stereocenters. The highest BCUT2D eigenvalue weighted by atomic mass is 16.5. The van der Waals surface area contributed by atoms with Crippen LogP contribution in [0.15, 0.2) is 88.1 Å². The minimum atomic E-state index is -0.742. The molecule has 0 aliphatic carbocycles. The number of hydrogen-bond donors (Lipinski definition) is 1. The van der Waals surface area contributed by atoms with Crippen LogP contribution in [-0.2, 0) is 9.53 Å². The molecule has 6 nitrogen and oxygen atoms in total. The van der Waals surface area contributed by atoms with Crippen LogP contribution in [0.5, 0.6) is 0 Å². The largest absolute Gasteiger partial charge is 0.455 e. The van der Waals surface area contributed by atoms with Gasteiger partial charge in [-0.15, -0.1) is 0 Å².